The molecule has 0 bridgehead atoms. The molecule has 2 unspecified atom stereocenters. The van der Waals surface area contributed by atoms with Crippen molar-refractivity contribution in [3.8, 4) is 11.5 Å². The second-order valence-corrected chi connectivity index (χ2v) is 5.21. The predicted octanol–water partition coefficient (Wildman–Crippen LogP) is 3.57. The summed E-state index contributed by atoms with van der Waals surface area (Å²) in [6.07, 6.45) is 0.972. The highest BCUT2D eigenvalue weighted by atomic mass is 16.5. The summed E-state index contributed by atoms with van der Waals surface area (Å²) in [6.45, 7) is 2.89. The molecule has 2 aromatic rings. The van der Waals surface area contributed by atoms with Crippen LogP contribution < -0.4 is 10.1 Å². The summed E-state index contributed by atoms with van der Waals surface area (Å²) < 4.78 is 5.68. The molecule has 2 aromatic carbocycles. The highest BCUT2D eigenvalue weighted by molar-refractivity contribution is 5.37. The van der Waals surface area contributed by atoms with E-state index in [4.69, 9.17) is 4.74 Å². The third-order valence-electron chi connectivity index (χ3n) is 3.80. The van der Waals surface area contributed by atoms with Crippen molar-refractivity contribution in [2.75, 3.05) is 6.61 Å². The fourth-order valence-corrected chi connectivity index (χ4v) is 2.68. The molecule has 1 aliphatic heterocycles. The van der Waals surface area contributed by atoms with Crippen molar-refractivity contribution in [1.82, 2.24) is 5.32 Å². The van der Waals surface area contributed by atoms with Gasteiger partial charge in [-0.1, -0.05) is 30.3 Å². The number of phenolic OH excluding ortho intramolecular Hbond substituents is 1. The number of nitrogens with one attached hydrogen (secondary N) is 1. The van der Waals surface area contributed by atoms with Crippen molar-refractivity contribution in [1.29, 1.82) is 0 Å². The summed E-state index contributed by atoms with van der Waals surface area (Å²) in [5, 5.41) is 13.0. The Morgan fingerprint density at radius 2 is 1.90 bits per heavy atom. The first kappa shape index (κ1) is 13.0. The Hall–Kier alpha value is -2.00. The summed E-state index contributed by atoms with van der Waals surface area (Å²) in [4.78, 5) is 0. The Morgan fingerprint density at radius 3 is 2.70 bits per heavy atom. The van der Waals surface area contributed by atoms with Crippen molar-refractivity contribution in [2.45, 2.75) is 25.4 Å². The molecule has 3 rings (SSSR count). The van der Waals surface area contributed by atoms with Crippen LogP contribution in [0.2, 0.25) is 0 Å². The molecule has 0 saturated heterocycles. The monoisotopic (exact) mass is 269 g/mol. The van der Waals surface area contributed by atoms with Gasteiger partial charge in [0.15, 0.2) is 0 Å². The second kappa shape index (κ2) is 5.55. The van der Waals surface area contributed by atoms with Gasteiger partial charge in [-0.25, -0.2) is 0 Å². The zero-order valence-corrected chi connectivity index (χ0v) is 11.5. The molecule has 0 saturated carbocycles. The lowest BCUT2D eigenvalue weighted by molar-refractivity contribution is 0.246. The van der Waals surface area contributed by atoms with Gasteiger partial charge in [0.1, 0.15) is 11.5 Å². The van der Waals surface area contributed by atoms with Crippen molar-refractivity contribution in [3.63, 3.8) is 0 Å². The van der Waals surface area contributed by atoms with E-state index in [0.29, 0.717) is 11.8 Å². The Balaban J connectivity index is 1.77. The summed E-state index contributed by atoms with van der Waals surface area (Å²) in [5.74, 6) is 1.28. The van der Waals surface area contributed by atoms with E-state index in [1.165, 1.54) is 11.1 Å². The number of para-hydroxylation sites is 1. The SMILES string of the molecule is CC(NC1CCOc2ccccc21)c1ccc(O)cc1. The van der Waals surface area contributed by atoms with Gasteiger partial charge in [-0.15, -0.1) is 0 Å². The van der Waals surface area contributed by atoms with Gasteiger partial charge in [-0.05, 0) is 30.7 Å². The van der Waals surface area contributed by atoms with Gasteiger partial charge in [0, 0.05) is 24.1 Å². The summed E-state index contributed by atoms with van der Waals surface area (Å²) in [7, 11) is 0. The molecule has 0 amide bonds. The molecule has 2 N–H and O–H groups in total. The molecule has 0 aromatic heterocycles. The van der Waals surface area contributed by atoms with Crippen LogP contribution >= 0.6 is 0 Å². The van der Waals surface area contributed by atoms with Gasteiger partial charge in [0.25, 0.3) is 0 Å². The van der Waals surface area contributed by atoms with Crippen LogP contribution in [0.4, 0.5) is 0 Å². The van der Waals surface area contributed by atoms with Crippen LogP contribution in [0, 0.1) is 0 Å². The van der Waals surface area contributed by atoms with E-state index >= 15 is 0 Å². The van der Waals surface area contributed by atoms with Crippen molar-refractivity contribution in [3.05, 3.63) is 59.7 Å². The maximum absolute atomic E-state index is 9.35. The lowest BCUT2D eigenvalue weighted by Gasteiger charge is -2.29. The topological polar surface area (TPSA) is 41.5 Å². The number of hydrogen-bond donors (Lipinski definition) is 2. The number of rotatable bonds is 3. The molecule has 0 radical (unpaired) electrons. The van der Waals surface area contributed by atoms with Crippen LogP contribution in [0.1, 0.15) is 36.6 Å². The van der Waals surface area contributed by atoms with Crippen LogP contribution in [0.25, 0.3) is 0 Å². The largest absolute Gasteiger partial charge is 0.508 e. The maximum Gasteiger partial charge on any atom is 0.124 e. The van der Waals surface area contributed by atoms with Crippen LogP contribution in [0.15, 0.2) is 48.5 Å². The zero-order chi connectivity index (χ0) is 13.9. The van der Waals surface area contributed by atoms with Gasteiger partial charge < -0.3 is 15.2 Å². The molecule has 0 aliphatic carbocycles. The van der Waals surface area contributed by atoms with E-state index in [2.05, 4.69) is 18.3 Å². The molecular formula is C17H19NO2. The number of benzene rings is 2. The average molecular weight is 269 g/mol. The number of aromatic hydroxyl groups is 1. The van der Waals surface area contributed by atoms with Crippen molar-refractivity contribution in [2.24, 2.45) is 0 Å². The van der Waals surface area contributed by atoms with Gasteiger partial charge >= 0.3 is 0 Å². The average Bonchev–Trinajstić information content (AvgIpc) is 2.48. The third kappa shape index (κ3) is 2.63. The first-order valence-corrected chi connectivity index (χ1v) is 7.01. The fraction of sp³-hybridized carbons (Fsp3) is 0.294. The van der Waals surface area contributed by atoms with Crippen LogP contribution in [0.3, 0.4) is 0 Å². The quantitative estimate of drug-likeness (QED) is 0.895. The second-order valence-electron chi connectivity index (χ2n) is 5.21. The molecule has 1 heterocycles. The smallest absolute Gasteiger partial charge is 0.124 e. The standard InChI is InChI=1S/C17H19NO2/c1-12(13-6-8-14(19)9-7-13)18-16-10-11-20-17-5-3-2-4-15(16)17/h2-9,12,16,18-19H,10-11H2,1H3. The molecule has 0 fully saturated rings. The van der Waals surface area contributed by atoms with Gasteiger partial charge in [-0.2, -0.15) is 0 Å². The van der Waals surface area contributed by atoms with Gasteiger partial charge in [0.05, 0.1) is 6.61 Å². The van der Waals surface area contributed by atoms with E-state index in [1.807, 2.05) is 30.3 Å². The molecule has 3 heteroatoms. The number of hydrogen-bond acceptors (Lipinski definition) is 3. The molecule has 0 spiro atoms. The minimum atomic E-state index is 0.228. The minimum Gasteiger partial charge on any atom is -0.508 e. The Morgan fingerprint density at radius 1 is 1.15 bits per heavy atom. The van der Waals surface area contributed by atoms with E-state index in [1.54, 1.807) is 12.1 Å². The normalized spacial score (nSPS) is 18.9. The fourth-order valence-electron chi connectivity index (χ4n) is 2.68. The lowest BCUT2D eigenvalue weighted by atomic mass is 9.98. The Bertz CT molecular complexity index is 580. The van der Waals surface area contributed by atoms with Crippen LogP contribution in [0.5, 0.6) is 11.5 Å². The molecule has 20 heavy (non-hydrogen) atoms. The number of ether oxygens (including phenoxy) is 1. The summed E-state index contributed by atoms with van der Waals surface area (Å²) in [6, 6.07) is 16.1. The molecule has 1 aliphatic rings. The first-order chi connectivity index (χ1) is 9.74. The van der Waals surface area contributed by atoms with Crippen LogP contribution in [-0.4, -0.2) is 11.7 Å². The minimum absolute atomic E-state index is 0.228. The Labute approximate surface area is 119 Å². The number of phenols is 1. The van der Waals surface area contributed by atoms with Crippen molar-refractivity contribution >= 4 is 0 Å². The van der Waals surface area contributed by atoms with Crippen molar-refractivity contribution < 1.29 is 9.84 Å². The molecule has 2 atom stereocenters. The molecule has 3 nitrogen and oxygen atoms in total. The van der Waals surface area contributed by atoms with Crippen LogP contribution in [-0.2, 0) is 0 Å². The van der Waals surface area contributed by atoms with E-state index in [-0.39, 0.29) is 6.04 Å². The highest BCUT2D eigenvalue weighted by Crippen LogP contribution is 2.33. The Kier molecular flexibility index (Phi) is 3.61. The summed E-state index contributed by atoms with van der Waals surface area (Å²) in [5.41, 5.74) is 2.40. The van der Waals surface area contributed by atoms with E-state index in [9.17, 15) is 5.11 Å². The third-order valence-corrected chi connectivity index (χ3v) is 3.80. The molecule has 104 valence electrons. The number of fused-ring (bicyclic) bond motifs is 1. The summed E-state index contributed by atoms with van der Waals surface area (Å²) >= 11 is 0. The lowest BCUT2D eigenvalue weighted by Crippen LogP contribution is -2.29. The zero-order valence-electron chi connectivity index (χ0n) is 11.5. The predicted molar refractivity (Wildman–Crippen MR) is 79.0 cm³/mol. The molecular weight excluding hydrogens is 250 g/mol. The van der Waals surface area contributed by atoms with Gasteiger partial charge in [-0.3, -0.25) is 0 Å². The maximum atomic E-state index is 9.35. The van der Waals surface area contributed by atoms with E-state index < -0.39 is 0 Å². The first-order valence-electron chi connectivity index (χ1n) is 7.01. The van der Waals surface area contributed by atoms with Gasteiger partial charge in [0.2, 0.25) is 0 Å². The highest BCUT2D eigenvalue weighted by Gasteiger charge is 2.22. The van der Waals surface area contributed by atoms with E-state index in [0.717, 1.165) is 18.8 Å².